The fraction of sp³-hybridized carbons (Fsp3) is 0.148. The Labute approximate surface area is 211 Å². The summed E-state index contributed by atoms with van der Waals surface area (Å²) in [5.74, 6) is 0.646. The van der Waals surface area contributed by atoms with Crippen LogP contribution in [-0.2, 0) is 0 Å². The van der Waals surface area contributed by atoms with E-state index in [4.69, 9.17) is 9.97 Å². The molecule has 178 valence electrons. The maximum absolute atomic E-state index is 4.94. The Morgan fingerprint density at radius 2 is 1.94 bits per heavy atom. The summed E-state index contributed by atoms with van der Waals surface area (Å²) in [6.07, 6.45) is 10.4. The van der Waals surface area contributed by atoms with Gasteiger partial charge in [-0.15, -0.1) is 11.3 Å². The third-order valence-corrected chi connectivity index (χ3v) is 6.90. The van der Waals surface area contributed by atoms with E-state index in [1.807, 2.05) is 36.7 Å². The minimum absolute atomic E-state index is 0.646. The molecule has 0 aromatic carbocycles. The number of pyridine rings is 3. The van der Waals surface area contributed by atoms with Gasteiger partial charge in [-0.25, -0.2) is 9.97 Å². The highest BCUT2D eigenvalue weighted by Gasteiger charge is 2.17. The van der Waals surface area contributed by atoms with E-state index < -0.39 is 0 Å². The van der Waals surface area contributed by atoms with Crippen LogP contribution in [0.25, 0.3) is 55.3 Å². The van der Waals surface area contributed by atoms with Gasteiger partial charge in [-0.05, 0) is 42.5 Å². The zero-order valence-electron chi connectivity index (χ0n) is 19.7. The molecule has 6 aromatic rings. The number of nitrogens with zero attached hydrogens (tertiary/aromatic N) is 5. The number of anilines is 1. The lowest BCUT2D eigenvalue weighted by molar-refractivity contribution is 0.791. The standard InChI is InChI=1S/C27H24N8S/c1-3-4-6-16(2)30-18-11-17(12-28-13-18)20-8-9-21-25(31-20)26(35-34-21)27-32-22-15-29-14-19(24(22)33-27)23-7-5-10-36-23/h5,7-15,30H,2-4,6H2,1H3,(H,32,33)(H,34,35). The van der Waals surface area contributed by atoms with E-state index in [0.29, 0.717) is 11.5 Å². The lowest BCUT2D eigenvalue weighted by Crippen LogP contribution is -1.99. The van der Waals surface area contributed by atoms with Crippen LogP contribution in [0.2, 0.25) is 0 Å². The van der Waals surface area contributed by atoms with Crippen molar-refractivity contribution in [1.82, 2.24) is 35.1 Å². The molecule has 0 saturated heterocycles. The van der Waals surface area contributed by atoms with Crippen molar-refractivity contribution in [1.29, 1.82) is 0 Å². The van der Waals surface area contributed by atoms with E-state index in [9.17, 15) is 0 Å². The van der Waals surface area contributed by atoms with Gasteiger partial charge in [-0.1, -0.05) is 26.0 Å². The van der Waals surface area contributed by atoms with Crippen LogP contribution in [0, 0.1) is 0 Å². The monoisotopic (exact) mass is 492 g/mol. The molecule has 0 aliphatic rings. The Kier molecular flexibility index (Phi) is 5.74. The summed E-state index contributed by atoms with van der Waals surface area (Å²) in [5.41, 5.74) is 8.54. The van der Waals surface area contributed by atoms with Gasteiger partial charge >= 0.3 is 0 Å². The van der Waals surface area contributed by atoms with Gasteiger partial charge < -0.3 is 10.3 Å². The molecular weight excluding hydrogens is 468 g/mol. The largest absolute Gasteiger partial charge is 0.358 e. The molecule has 8 nitrogen and oxygen atoms in total. The van der Waals surface area contributed by atoms with Gasteiger partial charge in [0.1, 0.15) is 11.0 Å². The van der Waals surface area contributed by atoms with Crippen molar-refractivity contribution in [2.75, 3.05) is 5.32 Å². The summed E-state index contributed by atoms with van der Waals surface area (Å²) in [6, 6.07) is 10.1. The molecule has 0 atom stereocenters. The van der Waals surface area contributed by atoms with Crippen LogP contribution in [0.15, 0.2) is 72.8 Å². The maximum atomic E-state index is 4.94. The number of rotatable bonds is 8. The summed E-state index contributed by atoms with van der Waals surface area (Å²) in [4.78, 5) is 23.1. The third kappa shape index (κ3) is 4.14. The molecule has 0 bridgehead atoms. The van der Waals surface area contributed by atoms with E-state index in [0.717, 1.165) is 74.4 Å². The first kappa shape index (κ1) is 22.1. The fourth-order valence-corrected chi connectivity index (χ4v) is 4.92. The Hall–Kier alpha value is -4.37. The average molecular weight is 493 g/mol. The Morgan fingerprint density at radius 1 is 1.03 bits per heavy atom. The van der Waals surface area contributed by atoms with Gasteiger partial charge in [0.05, 0.1) is 34.8 Å². The van der Waals surface area contributed by atoms with Gasteiger partial charge in [0.15, 0.2) is 11.5 Å². The van der Waals surface area contributed by atoms with E-state index in [1.165, 1.54) is 0 Å². The first-order valence-corrected chi connectivity index (χ1v) is 12.7. The number of aromatic amines is 2. The van der Waals surface area contributed by atoms with E-state index >= 15 is 0 Å². The molecule has 6 rings (SSSR count). The number of imidazole rings is 1. The highest BCUT2D eigenvalue weighted by atomic mass is 32.1. The molecule has 9 heteroatoms. The second-order valence-electron chi connectivity index (χ2n) is 8.61. The molecule has 6 aromatic heterocycles. The second kappa shape index (κ2) is 9.35. The van der Waals surface area contributed by atoms with Crippen molar-refractivity contribution in [3.63, 3.8) is 0 Å². The Morgan fingerprint density at radius 3 is 2.81 bits per heavy atom. The number of allylic oxidation sites excluding steroid dienone is 1. The normalized spacial score (nSPS) is 11.4. The Balaban J connectivity index is 1.37. The van der Waals surface area contributed by atoms with E-state index in [2.05, 4.69) is 55.4 Å². The summed E-state index contributed by atoms with van der Waals surface area (Å²) >= 11 is 1.66. The van der Waals surface area contributed by atoms with Gasteiger partial charge in [-0.2, -0.15) is 5.10 Å². The van der Waals surface area contributed by atoms with Crippen molar-refractivity contribution in [2.45, 2.75) is 26.2 Å². The fourth-order valence-electron chi connectivity index (χ4n) is 4.19. The maximum Gasteiger partial charge on any atom is 0.161 e. The van der Waals surface area contributed by atoms with Crippen LogP contribution < -0.4 is 5.32 Å². The first-order valence-electron chi connectivity index (χ1n) is 11.8. The van der Waals surface area contributed by atoms with Crippen LogP contribution in [0.1, 0.15) is 26.2 Å². The minimum atomic E-state index is 0.646. The minimum Gasteiger partial charge on any atom is -0.358 e. The quantitative estimate of drug-likeness (QED) is 0.216. The van der Waals surface area contributed by atoms with Gasteiger partial charge in [0.25, 0.3) is 0 Å². The summed E-state index contributed by atoms with van der Waals surface area (Å²) < 4.78 is 0. The van der Waals surface area contributed by atoms with Crippen molar-refractivity contribution in [2.24, 2.45) is 0 Å². The highest BCUT2D eigenvalue weighted by Crippen LogP contribution is 2.33. The molecule has 0 spiro atoms. The molecule has 0 amide bonds. The molecule has 0 unspecified atom stereocenters. The Bertz CT molecular complexity index is 1680. The highest BCUT2D eigenvalue weighted by molar-refractivity contribution is 7.13. The number of hydrogen-bond donors (Lipinski definition) is 3. The molecule has 0 fully saturated rings. The lowest BCUT2D eigenvalue weighted by atomic mass is 10.1. The zero-order valence-corrected chi connectivity index (χ0v) is 20.6. The number of nitrogens with one attached hydrogen (secondary N) is 3. The summed E-state index contributed by atoms with van der Waals surface area (Å²) in [7, 11) is 0. The van der Waals surface area contributed by atoms with Crippen molar-refractivity contribution >= 4 is 39.1 Å². The molecule has 0 aliphatic carbocycles. The van der Waals surface area contributed by atoms with Crippen LogP contribution in [0.3, 0.4) is 0 Å². The van der Waals surface area contributed by atoms with E-state index in [1.54, 1.807) is 23.7 Å². The zero-order chi connectivity index (χ0) is 24.5. The van der Waals surface area contributed by atoms with Gasteiger partial charge in [-0.3, -0.25) is 15.1 Å². The molecular formula is C27H24N8S. The number of thiophene rings is 1. The second-order valence-corrected chi connectivity index (χ2v) is 9.55. The van der Waals surface area contributed by atoms with Gasteiger partial charge in [0.2, 0.25) is 0 Å². The van der Waals surface area contributed by atoms with Crippen LogP contribution >= 0.6 is 11.3 Å². The van der Waals surface area contributed by atoms with Crippen molar-refractivity contribution in [3.05, 3.63) is 72.8 Å². The molecule has 36 heavy (non-hydrogen) atoms. The number of aromatic nitrogens is 7. The molecule has 0 saturated carbocycles. The number of H-pyrrole nitrogens is 2. The van der Waals surface area contributed by atoms with E-state index in [-0.39, 0.29) is 0 Å². The van der Waals surface area contributed by atoms with Gasteiger partial charge in [0, 0.05) is 34.1 Å². The molecule has 6 heterocycles. The van der Waals surface area contributed by atoms with Crippen LogP contribution in [0.5, 0.6) is 0 Å². The molecule has 0 aliphatic heterocycles. The molecule has 0 radical (unpaired) electrons. The average Bonchev–Trinajstić information content (AvgIpc) is 3.66. The number of fused-ring (bicyclic) bond motifs is 2. The van der Waals surface area contributed by atoms with Crippen molar-refractivity contribution < 1.29 is 0 Å². The summed E-state index contributed by atoms with van der Waals surface area (Å²) in [5, 5.41) is 13.0. The summed E-state index contributed by atoms with van der Waals surface area (Å²) in [6.45, 7) is 6.30. The number of hydrogen-bond acceptors (Lipinski definition) is 7. The van der Waals surface area contributed by atoms with Crippen molar-refractivity contribution in [3.8, 4) is 33.2 Å². The third-order valence-electron chi connectivity index (χ3n) is 6.00. The smallest absolute Gasteiger partial charge is 0.161 e. The SMILES string of the molecule is C=C(CCCC)Nc1cncc(-c2ccc3[nH]nc(-c4nc5c(-c6cccs6)cncc5[nH]4)c3n2)c1. The predicted molar refractivity (Wildman–Crippen MR) is 146 cm³/mol. The molecule has 3 N–H and O–H groups in total. The number of unbranched alkanes of at least 4 members (excludes halogenated alkanes) is 1. The topological polar surface area (TPSA) is 108 Å². The first-order chi connectivity index (χ1) is 17.7. The van der Waals surface area contributed by atoms with Crippen LogP contribution in [-0.4, -0.2) is 35.1 Å². The predicted octanol–water partition coefficient (Wildman–Crippen LogP) is 6.80. The lowest BCUT2D eigenvalue weighted by Gasteiger charge is -2.10. The van der Waals surface area contributed by atoms with Crippen LogP contribution in [0.4, 0.5) is 5.69 Å².